The second-order valence-electron chi connectivity index (χ2n) is 7.05. The molecule has 106 valence electrons. The molecule has 0 aromatic heterocycles. The molecular formula is C18H29N. The Kier molecular flexibility index (Phi) is 3.79. The van der Waals surface area contributed by atoms with Crippen molar-refractivity contribution >= 4 is 0 Å². The summed E-state index contributed by atoms with van der Waals surface area (Å²) in [6, 6.07) is 9.68. The van der Waals surface area contributed by atoms with E-state index in [2.05, 4.69) is 71.1 Å². The molecule has 1 saturated carbocycles. The third kappa shape index (κ3) is 2.33. The van der Waals surface area contributed by atoms with Gasteiger partial charge >= 0.3 is 0 Å². The highest BCUT2D eigenvalue weighted by molar-refractivity contribution is 5.30. The smallest absolute Gasteiger partial charge is 0.0359 e. The molecule has 0 aliphatic heterocycles. The van der Waals surface area contributed by atoms with E-state index in [1.165, 1.54) is 11.1 Å². The zero-order chi connectivity index (χ0) is 14.3. The van der Waals surface area contributed by atoms with Crippen LogP contribution in [0.3, 0.4) is 0 Å². The van der Waals surface area contributed by atoms with Crippen LogP contribution in [0.4, 0.5) is 0 Å². The molecule has 2 rings (SSSR count). The number of rotatable bonds is 5. The lowest BCUT2D eigenvalue weighted by molar-refractivity contribution is 0.418. The van der Waals surface area contributed by atoms with Crippen molar-refractivity contribution in [1.29, 1.82) is 0 Å². The first kappa shape index (κ1) is 14.6. The Morgan fingerprint density at radius 3 is 1.89 bits per heavy atom. The predicted molar refractivity (Wildman–Crippen MR) is 83.3 cm³/mol. The first-order valence-corrected chi connectivity index (χ1v) is 7.68. The van der Waals surface area contributed by atoms with Crippen molar-refractivity contribution in [3.8, 4) is 0 Å². The van der Waals surface area contributed by atoms with Crippen molar-refractivity contribution in [2.75, 3.05) is 6.54 Å². The molecule has 1 aromatic rings. The molecule has 1 nitrogen and oxygen atoms in total. The van der Waals surface area contributed by atoms with E-state index < -0.39 is 0 Å². The van der Waals surface area contributed by atoms with Crippen LogP contribution < -0.4 is 5.32 Å². The van der Waals surface area contributed by atoms with Gasteiger partial charge in [0.15, 0.2) is 0 Å². The molecule has 0 spiro atoms. The summed E-state index contributed by atoms with van der Waals surface area (Å²) >= 11 is 0. The normalized spacial score (nSPS) is 22.2. The molecule has 19 heavy (non-hydrogen) atoms. The summed E-state index contributed by atoms with van der Waals surface area (Å²) in [6.07, 6.45) is 1.12. The van der Waals surface area contributed by atoms with Gasteiger partial charge in [-0.2, -0.15) is 0 Å². The molecule has 1 aliphatic carbocycles. The molecule has 1 unspecified atom stereocenters. The van der Waals surface area contributed by atoms with E-state index in [9.17, 15) is 0 Å². The standard InChI is InChI=1S/C18H29N/c1-7-13-9-11-14(12-10-13)15(19-8-2)16-17(3,4)18(16,5)6/h9-12,15-16,19H,7-8H2,1-6H3. The molecule has 0 heterocycles. The summed E-state index contributed by atoms with van der Waals surface area (Å²) in [5, 5.41) is 3.71. The van der Waals surface area contributed by atoms with Gasteiger partial charge in [0.05, 0.1) is 0 Å². The lowest BCUT2D eigenvalue weighted by atomic mass is 9.95. The zero-order valence-corrected chi connectivity index (χ0v) is 13.4. The van der Waals surface area contributed by atoms with E-state index in [0.717, 1.165) is 13.0 Å². The van der Waals surface area contributed by atoms with Crippen LogP contribution in [0.2, 0.25) is 0 Å². The number of hydrogen-bond acceptors (Lipinski definition) is 1. The molecule has 0 bridgehead atoms. The highest BCUT2D eigenvalue weighted by Gasteiger charge is 2.67. The highest BCUT2D eigenvalue weighted by atomic mass is 15.0. The molecule has 0 saturated heterocycles. The van der Waals surface area contributed by atoms with E-state index >= 15 is 0 Å². The summed E-state index contributed by atoms with van der Waals surface area (Å²) in [4.78, 5) is 0. The van der Waals surface area contributed by atoms with Gasteiger partial charge < -0.3 is 5.32 Å². The first-order chi connectivity index (χ1) is 8.86. The summed E-state index contributed by atoms with van der Waals surface area (Å²) in [6.45, 7) is 15.1. The Bertz CT molecular complexity index is 414. The predicted octanol–water partition coefficient (Wildman–Crippen LogP) is 4.58. The Balaban J connectivity index is 2.26. The largest absolute Gasteiger partial charge is 0.310 e. The average Bonchev–Trinajstić information content (AvgIpc) is 2.78. The van der Waals surface area contributed by atoms with Gasteiger partial charge in [-0.15, -0.1) is 0 Å². The van der Waals surface area contributed by atoms with Gasteiger partial charge in [0.2, 0.25) is 0 Å². The number of nitrogens with one attached hydrogen (secondary N) is 1. The van der Waals surface area contributed by atoms with Gasteiger partial charge in [-0.05, 0) is 40.8 Å². The van der Waals surface area contributed by atoms with E-state index in [4.69, 9.17) is 0 Å². The average molecular weight is 259 g/mol. The fourth-order valence-electron chi connectivity index (χ4n) is 3.69. The fraction of sp³-hybridized carbons (Fsp3) is 0.667. The third-order valence-electron chi connectivity index (χ3n) is 5.64. The van der Waals surface area contributed by atoms with Crippen molar-refractivity contribution in [3.63, 3.8) is 0 Å². The molecule has 1 atom stereocenters. The van der Waals surface area contributed by atoms with Crippen molar-refractivity contribution in [1.82, 2.24) is 5.32 Å². The SMILES string of the molecule is CCNC(c1ccc(CC)cc1)C1C(C)(C)C1(C)C. The first-order valence-electron chi connectivity index (χ1n) is 7.68. The van der Waals surface area contributed by atoms with Crippen LogP contribution in [0.5, 0.6) is 0 Å². The van der Waals surface area contributed by atoms with Gasteiger partial charge in [0.1, 0.15) is 0 Å². The van der Waals surface area contributed by atoms with Crippen molar-refractivity contribution in [2.45, 2.75) is 54.0 Å². The van der Waals surface area contributed by atoms with Gasteiger partial charge in [-0.1, -0.05) is 65.8 Å². The van der Waals surface area contributed by atoms with E-state index in [-0.39, 0.29) is 0 Å². The summed E-state index contributed by atoms with van der Waals surface area (Å²) in [7, 11) is 0. The minimum atomic E-state index is 0.420. The van der Waals surface area contributed by atoms with Gasteiger partial charge in [-0.3, -0.25) is 0 Å². The molecule has 0 radical (unpaired) electrons. The Hall–Kier alpha value is -0.820. The Morgan fingerprint density at radius 1 is 1.00 bits per heavy atom. The lowest BCUT2D eigenvalue weighted by Crippen LogP contribution is -2.25. The Labute approximate surface area is 118 Å². The van der Waals surface area contributed by atoms with Crippen molar-refractivity contribution in [2.24, 2.45) is 16.7 Å². The maximum Gasteiger partial charge on any atom is 0.0359 e. The molecule has 1 N–H and O–H groups in total. The maximum atomic E-state index is 3.71. The van der Waals surface area contributed by atoms with E-state index in [0.29, 0.717) is 22.8 Å². The summed E-state index contributed by atoms with van der Waals surface area (Å²) in [5.74, 6) is 0.715. The van der Waals surface area contributed by atoms with E-state index in [1.807, 2.05) is 0 Å². The quantitative estimate of drug-likeness (QED) is 0.816. The summed E-state index contributed by atoms with van der Waals surface area (Å²) in [5.41, 5.74) is 3.71. The molecule has 1 fully saturated rings. The maximum absolute atomic E-state index is 3.71. The zero-order valence-electron chi connectivity index (χ0n) is 13.4. The van der Waals surface area contributed by atoms with Crippen LogP contribution in [-0.2, 0) is 6.42 Å². The fourth-order valence-corrected chi connectivity index (χ4v) is 3.69. The Morgan fingerprint density at radius 2 is 1.53 bits per heavy atom. The van der Waals surface area contributed by atoms with E-state index in [1.54, 1.807) is 0 Å². The third-order valence-corrected chi connectivity index (χ3v) is 5.64. The minimum absolute atomic E-state index is 0.420. The van der Waals surface area contributed by atoms with Crippen LogP contribution in [0, 0.1) is 16.7 Å². The topological polar surface area (TPSA) is 12.0 Å². The number of hydrogen-bond donors (Lipinski definition) is 1. The second kappa shape index (κ2) is 4.94. The second-order valence-corrected chi connectivity index (χ2v) is 7.05. The molecule has 1 aliphatic rings. The molecular weight excluding hydrogens is 230 g/mol. The minimum Gasteiger partial charge on any atom is -0.310 e. The summed E-state index contributed by atoms with van der Waals surface area (Å²) < 4.78 is 0. The lowest BCUT2D eigenvalue weighted by Gasteiger charge is -2.21. The van der Waals surface area contributed by atoms with Gasteiger partial charge in [0, 0.05) is 6.04 Å². The molecule has 0 amide bonds. The van der Waals surface area contributed by atoms with Crippen LogP contribution in [0.1, 0.15) is 58.7 Å². The number of benzene rings is 1. The molecule has 1 aromatic carbocycles. The van der Waals surface area contributed by atoms with Crippen LogP contribution in [0.25, 0.3) is 0 Å². The van der Waals surface area contributed by atoms with Crippen molar-refractivity contribution in [3.05, 3.63) is 35.4 Å². The van der Waals surface area contributed by atoms with Crippen molar-refractivity contribution < 1.29 is 0 Å². The number of aryl methyl sites for hydroxylation is 1. The monoisotopic (exact) mass is 259 g/mol. The van der Waals surface area contributed by atoms with Crippen LogP contribution in [0.15, 0.2) is 24.3 Å². The van der Waals surface area contributed by atoms with Gasteiger partial charge in [-0.25, -0.2) is 0 Å². The van der Waals surface area contributed by atoms with Crippen LogP contribution in [-0.4, -0.2) is 6.54 Å². The van der Waals surface area contributed by atoms with Gasteiger partial charge in [0.25, 0.3) is 0 Å². The highest BCUT2D eigenvalue weighted by Crippen LogP contribution is 2.72. The molecule has 1 heteroatoms. The van der Waals surface area contributed by atoms with Crippen LogP contribution >= 0.6 is 0 Å².